The van der Waals surface area contributed by atoms with Crippen molar-refractivity contribution in [2.45, 2.75) is 38.3 Å². The average Bonchev–Trinajstić information content (AvgIpc) is 3.04. The molecule has 3 aromatic rings. The van der Waals surface area contributed by atoms with Crippen molar-refractivity contribution in [2.75, 3.05) is 26.0 Å². The number of aromatic nitrogens is 2. The van der Waals surface area contributed by atoms with E-state index in [1.54, 1.807) is 12.1 Å². The van der Waals surface area contributed by atoms with Gasteiger partial charge in [-0.15, -0.1) is 0 Å². The van der Waals surface area contributed by atoms with Crippen molar-refractivity contribution >= 4 is 26.7 Å². The predicted molar refractivity (Wildman–Crippen MR) is 116 cm³/mol. The lowest BCUT2D eigenvalue weighted by Gasteiger charge is -2.12. The number of sulfonamides is 1. The molecule has 8 heteroatoms. The quantitative estimate of drug-likeness (QED) is 0.575. The first-order valence-corrected chi connectivity index (χ1v) is 11.2. The third-order valence-corrected chi connectivity index (χ3v) is 6.45. The molecule has 3 rings (SSSR count). The molecule has 0 fully saturated rings. The van der Waals surface area contributed by atoms with E-state index < -0.39 is 10.0 Å². The summed E-state index contributed by atoms with van der Waals surface area (Å²) in [5, 5.41) is 3.39. The summed E-state index contributed by atoms with van der Waals surface area (Å²) >= 11 is 0. The van der Waals surface area contributed by atoms with Crippen LogP contribution in [0.25, 0.3) is 11.0 Å². The Morgan fingerprint density at radius 3 is 2.45 bits per heavy atom. The van der Waals surface area contributed by atoms with Crippen LogP contribution in [0.5, 0.6) is 5.75 Å². The van der Waals surface area contributed by atoms with Crippen LogP contribution >= 0.6 is 0 Å². The van der Waals surface area contributed by atoms with Crippen molar-refractivity contribution in [2.24, 2.45) is 0 Å². The number of rotatable bonds is 9. The molecule has 0 amide bonds. The average molecular weight is 417 g/mol. The van der Waals surface area contributed by atoms with E-state index in [2.05, 4.69) is 16.8 Å². The van der Waals surface area contributed by atoms with E-state index in [4.69, 9.17) is 9.72 Å². The van der Waals surface area contributed by atoms with E-state index >= 15 is 0 Å². The van der Waals surface area contributed by atoms with E-state index in [1.165, 1.54) is 18.4 Å². The fourth-order valence-corrected chi connectivity index (χ4v) is 4.08. The number of nitrogens with one attached hydrogen (secondary N) is 1. The van der Waals surface area contributed by atoms with E-state index in [-0.39, 0.29) is 4.90 Å². The predicted octanol–water partition coefficient (Wildman–Crippen LogP) is 3.71. The molecular formula is C21H28N4O3S. The molecule has 1 heterocycles. The number of hydrogen-bond donors (Lipinski definition) is 1. The molecule has 0 saturated carbocycles. The maximum atomic E-state index is 12.4. The van der Waals surface area contributed by atoms with Crippen molar-refractivity contribution < 1.29 is 13.2 Å². The van der Waals surface area contributed by atoms with Crippen LogP contribution in [0.2, 0.25) is 0 Å². The molecule has 0 aliphatic rings. The number of imidazole rings is 1. The van der Waals surface area contributed by atoms with Crippen LogP contribution in [0.1, 0.15) is 26.1 Å². The van der Waals surface area contributed by atoms with E-state index in [0.717, 1.165) is 35.7 Å². The zero-order valence-electron chi connectivity index (χ0n) is 17.3. The molecule has 0 aliphatic heterocycles. The summed E-state index contributed by atoms with van der Waals surface area (Å²) < 4.78 is 33.7. The zero-order chi connectivity index (χ0) is 21.0. The minimum absolute atomic E-state index is 0.252. The molecule has 156 valence electrons. The summed E-state index contributed by atoms with van der Waals surface area (Å²) in [7, 11) is -0.434. The molecule has 0 unspecified atom stereocenters. The highest BCUT2D eigenvalue weighted by Crippen LogP contribution is 2.23. The molecule has 0 saturated heterocycles. The first-order chi connectivity index (χ1) is 13.9. The van der Waals surface area contributed by atoms with Crippen molar-refractivity contribution in [3.63, 3.8) is 0 Å². The lowest BCUT2D eigenvalue weighted by atomic mass is 10.3. The molecule has 2 aromatic carbocycles. The number of ether oxygens (including phenoxy) is 1. The van der Waals surface area contributed by atoms with Crippen molar-refractivity contribution in [1.82, 2.24) is 13.9 Å². The Balaban J connectivity index is 1.89. The molecule has 1 aromatic heterocycles. The Bertz CT molecular complexity index is 1070. The third-order valence-electron chi connectivity index (χ3n) is 4.64. The Morgan fingerprint density at radius 2 is 1.83 bits per heavy atom. The monoisotopic (exact) mass is 416 g/mol. The Kier molecular flexibility index (Phi) is 6.44. The standard InChI is InChI=1S/C21H28N4O3S/c1-5-13-25-20-12-11-18(29(26,27)24(3)4)14-19(20)23-21(25)15-22-16-7-9-17(10-8-16)28-6-2/h7-12,14,22H,5-6,13,15H2,1-4H3. The normalized spacial score (nSPS) is 11.9. The Morgan fingerprint density at radius 1 is 1.10 bits per heavy atom. The van der Waals surface area contributed by atoms with Crippen LogP contribution in [-0.2, 0) is 23.1 Å². The Hall–Kier alpha value is -2.58. The van der Waals surface area contributed by atoms with Crippen LogP contribution in [0.15, 0.2) is 47.4 Å². The van der Waals surface area contributed by atoms with Gasteiger partial charge in [-0.05, 0) is 55.8 Å². The van der Waals surface area contributed by atoms with Gasteiger partial charge in [0.25, 0.3) is 0 Å². The van der Waals surface area contributed by atoms with Gasteiger partial charge in [0.1, 0.15) is 11.6 Å². The fraction of sp³-hybridized carbons (Fsp3) is 0.381. The van der Waals surface area contributed by atoms with Gasteiger partial charge in [-0.3, -0.25) is 0 Å². The summed E-state index contributed by atoms with van der Waals surface area (Å²) in [6, 6.07) is 12.9. The molecular weight excluding hydrogens is 388 g/mol. The fourth-order valence-electron chi connectivity index (χ4n) is 3.16. The van der Waals surface area contributed by atoms with Gasteiger partial charge in [-0.25, -0.2) is 17.7 Å². The van der Waals surface area contributed by atoms with Crippen LogP contribution in [0, 0.1) is 0 Å². The van der Waals surface area contributed by atoms with E-state index in [0.29, 0.717) is 18.7 Å². The Labute approximate surface area is 172 Å². The first kappa shape index (κ1) is 21.1. The van der Waals surface area contributed by atoms with Gasteiger partial charge in [0.15, 0.2) is 0 Å². The lowest BCUT2D eigenvalue weighted by Crippen LogP contribution is -2.22. The van der Waals surface area contributed by atoms with Crippen LogP contribution in [0.3, 0.4) is 0 Å². The second-order valence-corrected chi connectivity index (χ2v) is 9.08. The van der Waals surface area contributed by atoms with Crippen molar-refractivity contribution in [1.29, 1.82) is 0 Å². The number of anilines is 1. The lowest BCUT2D eigenvalue weighted by molar-refractivity contribution is 0.340. The van der Waals surface area contributed by atoms with Gasteiger partial charge in [-0.2, -0.15) is 0 Å². The van der Waals surface area contributed by atoms with Crippen LogP contribution < -0.4 is 10.1 Å². The number of fused-ring (bicyclic) bond motifs is 1. The second kappa shape index (κ2) is 8.84. The highest BCUT2D eigenvalue weighted by atomic mass is 32.2. The molecule has 0 bridgehead atoms. The SMILES string of the molecule is CCCn1c(CNc2ccc(OCC)cc2)nc2cc(S(=O)(=O)N(C)C)ccc21. The highest BCUT2D eigenvalue weighted by molar-refractivity contribution is 7.89. The van der Waals surface area contributed by atoms with Gasteiger partial charge in [0.2, 0.25) is 10.0 Å². The number of nitrogens with zero attached hydrogens (tertiary/aromatic N) is 3. The molecule has 29 heavy (non-hydrogen) atoms. The molecule has 0 aliphatic carbocycles. The van der Waals surface area contributed by atoms with Crippen LogP contribution in [0.4, 0.5) is 5.69 Å². The topological polar surface area (TPSA) is 76.5 Å². The van der Waals surface area contributed by atoms with Crippen LogP contribution in [-0.4, -0.2) is 43.0 Å². The van der Waals surface area contributed by atoms with Gasteiger partial charge in [0.05, 0.1) is 29.1 Å². The van der Waals surface area contributed by atoms with Gasteiger partial charge in [-0.1, -0.05) is 6.92 Å². The maximum Gasteiger partial charge on any atom is 0.242 e. The summed E-state index contributed by atoms with van der Waals surface area (Å²) in [6.45, 7) is 6.06. The third kappa shape index (κ3) is 4.54. The summed E-state index contributed by atoms with van der Waals surface area (Å²) in [5.74, 6) is 1.71. The van der Waals surface area contributed by atoms with E-state index in [9.17, 15) is 8.42 Å². The zero-order valence-corrected chi connectivity index (χ0v) is 18.2. The number of hydrogen-bond acceptors (Lipinski definition) is 5. The molecule has 1 N–H and O–H groups in total. The summed E-state index contributed by atoms with van der Waals surface area (Å²) in [6.07, 6.45) is 0.958. The maximum absolute atomic E-state index is 12.4. The largest absolute Gasteiger partial charge is 0.494 e. The summed E-state index contributed by atoms with van der Waals surface area (Å²) in [5.41, 5.74) is 2.59. The molecule has 7 nitrogen and oxygen atoms in total. The van der Waals surface area contributed by atoms with Crippen molar-refractivity contribution in [3.8, 4) is 5.75 Å². The number of benzene rings is 2. The minimum Gasteiger partial charge on any atom is -0.494 e. The smallest absolute Gasteiger partial charge is 0.242 e. The molecule has 0 radical (unpaired) electrons. The first-order valence-electron chi connectivity index (χ1n) is 9.75. The van der Waals surface area contributed by atoms with Gasteiger partial charge in [0, 0.05) is 26.3 Å². The van der Waals surface area contributed by atoms with Gasteiger partial charge >= 0.3 is 0 Å². The molecule has 0 spiro atoms. The second-order valence-electron chi connectivity index (χ2n) is 6.93. The van der Waals surface area contributed by atoms with Gasteiger partial charge < -0.3 is 14.6 Å². The molecule has 0 atom stereocenters. The van der Waals surface area contributed by atoms with Crippen molar-refractivity contribution in [3.05, 3.63) is 48.3 Å². The van der Waals surface area contributed by atoms with E-state index in [1.807, 2.05) is 37.3 Å². The number of aryl methyl sites for hydroxylation is 1. The minimum atomic E-state index is -3.49. The highest BCUT2D eigenvalue weighted by Gasteiger charge is 2.19. The summed E-state index contributed by atoms with van der Waals surface area (Å²) in [4.78, 5) is 4.97.